The third kappa shape index (κ3) is 5.76. The molecule has 0 bridgehead atoms. The fourth-order valence-electron chi connectivity index (χ4n) is 3.43. The zero-order valence-electron chi connectivity index (χ0n) is 18.5. The normalized spacial score (nSPS) is 11.6. The molecule has 0 aliphatic rings. The Balaban J connectivity index is 1.51. The molecule has 0 fully saturated rings. The molecule has 0 atom stereocenters. The van der Waals surface area contributed by atoms with Gasteiger partial charge >= 0.3 is 10.2 Å². The van der Waals surface area contributed by atoms with Crippen LogP contribution in [0.4, 0.5) is 16.5 Å². The van der Waals surface area contributed by atoms with Crippen molar-refractivity contribution in [2.24, 2.45) is 0 Å². The van der Waals surface area contributed by atoms with Gasteiger partial charge in [0.25, 0.3) is 0 Å². The Bertz CT molecular complexity index is 1340. The van der Waals surface area contributed by atoms with Crippen LogP contribution < -0.4 is 20.7 Å². The zero-order chi connectivity index (χ0) is 24.0. The Morgan fingerprint density at radius 3 is 2.79 bits per heavy atom. The Labute approximate surface area is 207 Å². The van der Waals surface area contributed by atoms with Gasteiger partial charge in [0.05, 0.1) is 11.7 Å². The molecule has 34 heavy (non-hydrogen) atoms. The molecule has 0 amide bonds. The lowest BCUT2D eigenvalue weighted by atomic mass is 10.1. The van der Waals surface area contributed by atoms with Gasteiger partial charge in [-0.15, -0.1) is 4.09 Å². The standard InChI is InChI=1S/C21H25ClN8O2S2/c1-2-23-9-4-10-24-18-8-7-16(22)11-15(18)12-25-19-5-3-6-20-17(19)13-27-30(20)34(31,32)29-21-26-14-28-33-21/h3,5-8,11,13-14,23-25H,2,4,9-10,12H2,1H3,(H,26,28,29). The Morgan fingerprint density at radius 1 is 1.12 bits per heavy atom. The molecular weight excluding hydrogens is 496 g/mol. The average Bonchev–Trinajstić information content (AvgIpc) is 3.48. The summed E-state index contributed by atoms with van der Waals surface area (Å²) in [6.07, 6.45) is 3.81. The lowest BCUT2D eigenvalue weighted by Gasteiger charge is -2.15. The average molecular weight is 521 g/mol. The molecule has 0 unspecified atom stereocenters. The Hall–Kier alpha value is -2.93. The van der Waals surface area contributed by atoms with Gasteiger partial charge in [-0.2, -0.15) is 17.9 Å². The van der Waals surface area contributed by atoms with Gasteiger partial charge in [-0.3, -0.25) is 0 Å². The van der Waals surface area contributed by atoms with Gasteiger partial charge in [0.15, 0.2) is 0 Å². The molecule has 0 spiro atoms. The van der Waals surface area contributed by atoms with Crippen molar-refractivity contribution in [3.05, 3.63) is 59.5 Å². The fraction of sp³-hybridized carbons (Fsp3) is 0.286. The van der Waals surface area contributed by atoms with Gasteiger partial charge in [0.2, 0.25) is 5.13 Å². The van der Waals surface area contributed by atoms with Gasteiger partial charge in [0.1, 0.15) is 6.33 Å². The van der Waals surface area contributed by atoms with Gasteiger partial charge in [-0.05, 0) is 55.4 Å². The Kier molecular flexibility index (Phi) is 7.83. The highest BCUT2D eigenvalue weighted by Crippen LogP contribution is 2.27. The number of hydrogen-bond acceptors (Lipinski definition) is 9. The molecule has 0 saturated heterocycles. The lowest BCUT2D eigenvalue weighted by Crippen LogP contribution is -2.22. The first-order valence-electron chi connectivity index (χ1n) is 10.7. The van der Waals surface area contributed by atoms with Crippen LogP contribution in [0.25, 0.3) is 10.9 Å². The van der Waals surface area contributed by atoms with Crippen molar-refractivity contribution in [1.29, 1.82) is 0 Å². The number of nitrogens with one attached hydrogen (secondary N) is 4. The molecule has 0 aliphatic heterocycles. The summed E-state index contributed by atoms with van der Waals surface area (Å²) in [5.41, 5.74) is 3.20. The zero-order valence-corrected chi connectivity index (χ0v) is 20.8. The van der Waals surface area contributed by atoms with Crippen molar-refractivity contribution in [1.82, 2.24) is 23.9 Å². The van der Waals surface area contributed by atoms with Crippen molar-refractivity contribution in [3.63, 3.8) is 0 Å². The minimum atomic E-state index is -3.98. The smallest absolute Gasteiger partial charge is 0.345 e. The second-order valence-electron chi connectivity index (χ2n) is 7.37. The highest BCUT2D eigenvalue weighted by atomic mass is 35.5. The summed E-state index contributed by atoms with van der Waals surface area (Å²) in [7, 11) is -3.98. The van der Waals surface area contributed by atoms with E-state index in [9.17, 15) is 8.42 Å². The van der Waals surface area contributed by atoms with Crippen LogP contribution in [-0.2, 0) is 16.8 Å². The molecule has 10 nitrogen and oxygen atoms in total. The van der Waals surface area contributed by atoms with Crippen molar-refractivity contribution < 1.29 is 8.42 Å². The first kappa shape index (κ1) is 24.2. The van der Waals surface area contributed by atoms with E-state index in [2.05, 4.69) is 42.1 Å². The van der Waals surface area contributed by atoms with Gasteiger partial charge in [0, 0.05) is 46.4 Å². The first-order chi connectivity index (χ1) is 16.5. The summed E-state index contributed by atoms with van der Waals surface area (Å²) in [6.45, 7) is 5.33. The molecule has 180 valence electrons. The number of aromatic nitrogens is 4. The highest BCUT2D eigenvalue weighted by molar-refractivity contribution is 7.91. The van der Waals surface area contributed by atoms with E-state index < -0.39 is 10.2 Å². The monoisotopic (exact) mass is 520 g/mol. The topological polar surface area (TPSA) is 126 Å². The molecule has 4 aromatic rings. The second-order valence-corrected chi connectivity index (χ2v) is 10.1. The number of hydrogen-bond donors (Lipinski definition) is 4. The molecule has 4 N–H and O–H groups in total. The van der Waals surface area contributed by atoms with Gasteiger partial charge in [-0.25, -0.2) is 9.71 Å². The SMILES string of the molecule is CCNCCCNc1ccc(Cl)cc1CNc1cccc2c1cnn2S(=O)(=O)Nc1ncns1. The van der Waals surface area contributed by atoms with Crippen LogP contribution in [0.5, 0.6) is 0 Å². The number of nitrogens with zero attached hydrogens (tertiary/aromatic N) is 4. The molecule has 0 saturated carbocycles. The van der Waals surface area contributed by atoms with E-state index in [0.717, 1.165) is 58.6 Å². The van der Waals surface area contributed by atoms with Gasteiger partial charge in [-0.1, -0.05) is 24.6 Å². The van der Waals surface area contributed by atoms with Crippen LogP contribution in [0.3, 0.4) is 0 Å². The summed E-state index contributed by atoms with van der Waals surface area (Å²) in [5.74, 6) is 0. The van der Waals surface area contributed by atoms with Crippen molar-refractivity contribution in [3.8, 4) is 0 Å². The van der Waals surface area contributed by atoms with Crippen LogP contribution in [0, 0.1) is 0 Å². The molecule has 2 aromatic heterocycles. The van der Waals surface area contributed by atoms with E-state index in [0.29, 0.717) is 22.5 Å². The minimum absolute atomic E-state index is 0.171. The van der Waals surface area contributed by atoms with E-state index in [-0.39, 0.29) is 5.13 Å². The van der Waals surface area contributed by atoms with E-state index >= 15 is 0 Å². The number of fused-ring (bicyclic) bond motifs is 1. The van der Waals surface area contributed by atoms with E-state index in [1.807, 2.05) is 24.3 Å². The minimum Gasteiger partial charge on any atom is -0.385 e. The number of benzene rings is 2. The number of rotatable bonds is 12. The van der Waals surface area contributed by atoms with E-state index in [1.165, 1.54) is 12.5 Å². The van der Waals surface area contributed by atoms with Crippen LogP contribution in [0.15, 0.2) is 48.9 Å². The van der Waals surface area contributed by atoms with Crippen molar-refractivity contribution in [2.75, 3.05) is 35.0 Å². The molecule has 0 radical (unpaired) electrons. The third-order valence-corrected chi connectivity index (χ3v) is 7.16. The second kappa shape index (κ2) is 11.0. The van der Waals surface area contributed by atoms with Crippen LogP contribution >= 0.6 is 23.1 Å². The highest BCUT2D eigenvalue weighted by Gasteiger charge is 2.20. The lowest BCUT2D eigenvalue weighted by molar-refractivity contribution is 0.588. The number of anilines is 3. The molecule has 2 aromatic carbocycles. The summed E-state index contributed by atoms with van der Waals surface area (Å²) >= 11 is 7.19. The number of halogens is 1. The van der Waals surface area contributed by atoms with Crippen LogP contribution in [0.2, 0.25) is 5.02 Å². The van der Waals surface area contributed by atoms with E-state index in [1.54, 1.807) is 12.1 Å². The molecule has 2 heterocycles. The van der Waals surface area contributed by atoms with Crippen LogP contribution in [0.1, 0.15) is 18.9 Å². The first-order valence-corrected chi connectivity index (χ1v) is 13.3. The fourth-order valence-corrected chi connectivity index (χ4v) is 5.33. The predicted octanol–water partition coefficient (Wildman–Crippen LogP) is 3.77. The largest absolute Gasteiger partial charge is 0.385 e. The maximum atomic E-state index is 12.8. The summed E-state index contributed by atoms with van der Waals surface area (Å²) < 4.78 is 32.7. The summed E-state index contributed by atoms with van der Waals surface area (Å²) in [5, 5.41) is 15.8. The molecule has 0 aliphatic carbocycles. The van der Waals surface area contributed by atoms with Crippen LogP contribution in [-0.4, -0.2) is 46.6 Å². The summed E-state index contributed by atoms with van der Waals surface area (Å²) in [4.78, 5) is 3.87. The quantitative estimate of drug-likeness (QED) is 0.208. The molecule has 13 heteroatoms. The maximum absolute atomic E-state index is 12.8. The third-order valence-electron chi connectivity index (χ3n) is 5.02. The molecule has 4 rings (SSSR count). The van der Waals surface area contributed by atoms with Crippen molar-refractivity contribution >= 4 is 60.8 Å². The predicted molar refractivity (Wildman–Crippen MR) is 138 cm³/mol. The van der Waals surface area contributed by atoms with Crippen molar-refractivity contribution in [2.45, 2.75) is 19.9 Å². The van der Waals surface area contributed by atoms with E-state index in [4.69, 9.17) is 11.6 Å². The van der Waals surface area contributed by atoms with Gasteiger partial charge < -0.3 is 16.0 Å². The summed E-state index contributed by atoms with van der Waals surface area (Å²) in [6, 6.07) is 11.1. The maximum Gasteiger partial charge on any atom is 0.345 e. The molecular formula is C21H25ClN8O2S2. The Morgan fingerprint density at radius 2 is 2.00 bits per heavy atom.